The quantitative estimate of drug-likeness (QED) is 0.260. The molecule has 0 fully saturated rings. The summed E-state index contributed by atoms with van der Waals surface area (Å²) in [4.78, 5) is 33.1. The van der Waals surface area contributed by atoms with Crippen LogP contribution in [0, 0.1) is 10.1 Å². The number of carbonyl (C=O) groups excluding carboxylic acids is 2. The SMILES string of the molecule is CCOC(=O)C=CC(=O)NC(=S)Nc1ccc(OC)cc1[N+](=O)[O-]. The average molecular weight is 353 g/mol. The Labute approximate surface area is 142 Å². The maximum Gasteiger partial charge on any atom is 0.330 e. The average Bonchev–Trinajstić information content (AvgIpc) is 2.53. The van der Waals surface area contributed by atoms with E-state index in [1.165, 1.54) is 25.3 Å². The predicted molar refractivity (Wildman–Crippen MR) is 89.8 cm³/mol. The highest BCUT2D eigenvalue weighted by molar-refractivity contribution is 7.80. The number of nitrogens with zero attached hydrogens (tertiary/aromatic N) is 1. The number of nitro benzene ring substituents is 1. The number of rotatable bonds is 6. The third-order valence-corrected chi connectivity index (χ3v) is 2.75. The number of ether oxygens (including phenoxy) is 2. The smallest absolute Gasteiger partial charge is 0.330 e. The molecule has 1 amide bonds. The highest BCUT2D eigenvalue weighted by Gasteiger charge is 2.16. The molecule has 9 nitrogen and oxygen atoms in total. The fourth-order valence-electron chi connectivity index (χ4n) is 1.54. The number of esters is 1. The number of methoxy groups -OCH3 is 1. The van der Waals surface area contributed by atoms with Gasteiger partial charge in [-0.1, -0.05) is 0 Å². The van der Waals surface area contributed by atoms with Crippen LogP contribution in [0.2, 0.25) is 0 Å². The molecule has 1 rings (SSSR count). The van der Waals surface area contributed by atoms with Gasteiger partial charge in [-0.15, -0.1) is 0 Å². The molecule has 0 saturated heterocycles. The lowest BCUT2D eigenvalue weighted by atomic mass is 10.2. The summed E-state index contributed by atoms with van der Waals surface area (Å²) in [5.74, 6) is -1.05. The molecule has 0 bridgehead atoms. The highest BCUT2D eigenvalue weighted by atomic mass is 32.1. The van der Waals surface area contributed by atoms with Gasteiger partial charge in [-0.3, -0.25) is 20.2 Å². The van der Waals surface area contributed by atoms with Gasteiger partial charge in [-0.2, -0.15) is 0 Å². The van der Waals surface area contributed by atoms with Crippen molar-refractivity contribution in [3.63, 3.8) is 0 Å². The predicted octanol–water partition coefficient (Wildman–Crippen LogP) is 1.54. The third-order valence-electron chi connectivity index (χ3n) is 2.54. The van der Waals surface area contributed by atoms with E-state index in [9.17, 15) is 19.7 Å². The van der Waals surface area contributed by atoms with Crippen molar-refractivity contribution < 1.29 is 24.0 Å². The largest absolute Gasteiger partial charge is 0.496 e. The standard InChI is InChI=1S/C14H15N3O6S/c1-3-23-13(19)7-6-12(18)16-14(24)15-10-5-4-9(22-2)8-11(10)17(20)21/h4-8H,3H2,1-2H3,(H2,15,16,18,24). The van der Waals surface area contributed by atoms with Crippen LogP contribution in [0.25, 0.3) is 0 Å². The summed E-state index contributed by atoms with van der Waals surface area (Å²) in [5, 5.41) is 15.7. The van der Waals surface area contributed by atoms with Gasteiger partial charge in [0.1, 0.15) is 11.4 Å². The molecule has 0 aliphatic rings. The number of anilines is 1. The number of nitrogens with one attached hydrogen (secondary N) is 2. The molecule has 1 aromatic rings. The number of carbonyl (C=O) groups is 2. The summed E-state index contributed by atoms with van der Waals surface area (Å²) < 4.78 is 9.53. The zero-order chi connectivity index (χ0) is 18.1. The molecular formula is C14H15N3O6S. The second kappa shape index (κ2) is 9.20. The van der Waals surface area contributed by atoms with E-state index < -0.39 is 16.8 Å². The van der Waals surface area contributed by atoms with Crippen LogP contribution in [0.15, 0.2) is 30.4 Å². The summed E-state index contributed by atoms with van der Waals surface area (Å²) in [6.45, 7) is 1.82. The van der Waals surface area contributed by atoms with Crippen LogP contribution in [0.1, 0.15) is 6.92 Å². The van der Waals surface area contributed by atoms with Crippen molar-refractivity contribution in [2.75, 3.05) is 19.0 Å². The Morgan fingerprint density at radius 1 is 1.38 bits per heavy atom. The second-order valence-corrected chi connectivity index (χ2v) is 4.58. The molecule has 0 radical (unpaired) electrons. The molecule has 0 aromatic heterocycles. The Kier molecular flexibility index (Phi) is 7.30. The topological polar surface area (TPSA) is 120 Å². The van der Waals surface area contributed by atoms with Gasteiger partial charge in [-0.25, -0.2) is 4.79 Å². The molecule has 0 spiro atoms. The first-order valence-corrected chi connectivity index (χ1v) is 7.07. The fraction of sp³-hybridized carbons (Fsp3) is 0.214. The van der Waals surface area contributed by atoms with Gasteiger partial charge in [0.15, 0.2) is 5.11 Å². The Hall–Kier alpha value is -3.01. The van der Waals surface area contributed by atoms with Crippen LogP contribution in [0.5, 0.6) is 5.75 Å². The minimum Gasteiger partial charge on any atom is -0.496 e. The highest BCUT2D eigenvalue weighted by Crippen LogP contribution is 2.28. The van der Waals surface area contributed by atoms with Gasteiger partial charge >= 0.3 is 5.97 Å². The van der Waals surface area contributed by atoms with Crippen molar-refractivity contribution >= 4 is 40.6 Å². The molecule has 0 unspecified atom stereocenters. The van der Waals surface area contributed by atoms with Crippen molar-refractivity contribution in [2.45, 2.75) is 6.92 Å². The maximum absolute atomic E-state index is 11.6. The lowest BCUT2D eigenvalue weighted by Crippen LogP contribution is -2.33. The Morgan fingerprint density at radius 2 is 2.08 bits per heavy atom. The fourth-order valence-corrected chi connectivity index (χ4v) is 1.75. The van der Waals surface area contributed by atoms with E-state index in [-0.39, 0.29) is 23.1 Å². The van der Waals surface area contributed by atoms with Gasteiger partial charge < -0.3 is 14.8 Å². The van der Waals surface area contributed by atoms with Gasteiger partial charge in [0.05, 0.1) is 24.7 Å². The van der Waals surface area contributed by atoms with Crippen molar-refractivity contribution in [1.82, 2.24) is 5.32 Å². The zero-order valence-corrected chi connectivity index (χ0v) is 13.7. The van der Waals surface area contributed by atoms with Gasteiger partial charge in [0.2, 0.25) is 5.91 Å². The monoisotopic (exact) mass is 353 g/mol. The molecule has 1 aromatic carbocycles. The van der Waals surface area contributed by atoms with E-state index in [1.807, 2.05) is 0 Å². The first kappa shape index (κ1) is 19.0. The van der Waals surface area contributed by atoms with E-state index in [4.69, 9.17) is 17.0 Å². The minimum atomic E-state index is -0.684. The van der Waals surface area contributed by atoms with E-state index >= 15 is 0 Å². The third kappa shape index (κ3) is 6.01. The van der Waals surface area contributed by atoms with Crippen molar-refractivity contribution in [3.8, 4) is 5.75 Å². The molecule has 0 aliphatic heterocycles. The number of hydrogen-bond acceptors (Lipinski definition) is 7. The van der Waals surface area contributed by atoms with Crippen LogP contribution >= 0.6 is 12.2 Å². The molecule has 0 aliphatic carbocycles. The number of thiocarbonyl (C=S) groups is 1. The molecule has 0 heterocycles. The lowest BCUT2D eigenvalue weighted by Gasteiger charge is -2.09. The number of benzene rings is 1. The molecule has 128 valence electrons. The molecule has 24 heavy (non-hydrogen) atoms. The minimum absolute atomic E-state index is 0.0838. The molecule has 0 saturated carbocycles. The van der Waals surface area contributed by atoms with Crippen LogP contribution < -0.4 is 15.4 Å². The van der Waals surface area contributed by atoms with E-state index in [0.29, 0.717) is 5.75 Å². The Morgan fingerprint density at radius 3 is 2.67 bits per heavy atom. The number of nitro groups is 1. The summed E-state index contributed by atoms with van der Waals surface area (Å²) in [5.41, 5.74) is -0.187. The van der Waals surface area contributed by atoms with Crippen LogP contribution in [0.4, 0.5) is 11.4 Å². The summed E-state index contributed by atoms with van der Waals surface area (Å²) in [6.07, 6.45) is 1.88. The van der Waals surface area contributed by atoms with E-state index in [1.54, 1.807) is 6.92 Å². The van der Waals surface area contributed by atoms with Gasteiger partial charge in [0, 0.05) is 12.2 Å². The van der Waals surface area contributed by atoms with Crippen LogP contribution in [-0.2, 0) is 14.3 Å². The molecule has 0 atom stereocenters. The second-order valence-electron chi connectivity index (χ2n) is 4.17. The van der Waals surface area contributed by atoms with Crippen molar-refractivity contribution in [3.05, 3.63) is 40.5 Å². The van der Waals surface area contributed by atoms with Crippen LogP contribution in [-0.4, -0.2) is 35.6 Å². The van der Waals surface area contributed by atoms with Crippen molar-refractivity contribution in [1.29, 1.82) is 0 Å². The maximum atomic E-state index is 11.6. The van der Waals surface area contributed by atoms with Gasteiger partial charge in [-0.05, 0) is 31.3 Å². The summed E-state index contributed by atoms with van der Waals surface area (Å²) in [7, 11) is 1.38. The Bertz CT molecular complexity index is 689. The van der Waals surface area contributed by atoms with Crippen molar-refractivity contribution in [2.24, 2.45) is 0 Å². The molecular weight excluding hydrogens is 338 g/mol. The Balaban J connectivity index is 2.73. The lowest BCUT2D eigenvalue weighted by molar-refractivity contribution is -0.384. The first-order chi connectivity index (χ1) is 11.4. The number of amides is 1. The van der Waals surface area contributed by atoms with E-state index in [2.05, 4.69) is 15.4 Å². The van der Waals surface area contributed by atoms with Crippen LogP contribution in [0.3, 0.4) is 0 Å². The summed E-state index contributed by atoms with van der Waals surface area (Å²) >= 11 is 4.90. The summed E-state index contributed by atoms with van der Waals surface area (Å²) in [6, 6.07) is 4.11. The van der Waals surface area contributed by atoms with Gasteiger partial charge in [0.25, 0.3) is 5.69 Å². The number of hydrogen-bond donors (Lipinski definition) is 2. The zero-order valence-electron chi connectivity index (χ0n) is 12.9. The molecule has 2 N–H and O–H groups in total. The normalized spacial score (nSPS) is 10.1. The molecule has 10 heteroatoms. The first-order valence-electron chi connectivity index (χ1n) is 6.66. The van der Waals surface area contributed by atoms with E-state index in [0.717, 1.165) is 12.2 Å².